The van der Waals surface area contributed by atoms with E-state index in [1.54, 1.807) is 24.3 Å². The maximum absolute atomic E-state index is 12.8. The van der Waals surface area contributed by atoms with Crippen molar-refractivity contribution in [2.45, 2.75) is 13.5 Å². The first-order valence-electron chi connectivity index (χ1n) is 9.90. The van der Waals surface area contributed by atoms with Crippen LogP contribution in [0.5, 0.6) is 0 Å². The number of hydrogen-bond acceptors (Lipinski definition) is 4. The fraction of sp³-hybridized carbons (Fsp3) is 0.0870. The van der Waals surface area contributed by atoms with Crippen LogP contribution in [0.3, 0.4) is 0 Å². The lowest BCUT2D eigenvalue weighted by atomic mass is 10.1. The normalized spacial score (nSPS) is 11.2. The highest BCUT2D eigenvalue weighted by Crippen LogP contribution is 2.23. The molecule has 3 aromatic carbocycles. The summed E-state index contributed by atoms with van der Waals surface area (Å²) in [6.07, 6.45) is 0. The Morgan fingerprint density at radius 3 is 2.75 bits per heavy atom. The van der Waals surface area contributed by atoms with Gasteiger partial charge in [0.2, 0.25) is 5.95 Å². The molecule has 0 aliphatic carbocycles. The van der Waals surface area contributed by atoms with Crippen LogP contribution in [0.25, 0.3) is 21.9 Å². The molecule has 0 aliphatic heterocycles. The fourth-order valence-electron chi connectivity index (χ4n) is 3.51. The molecule has 0 bridgehead atoms. The zero-order valence-electron chi connectivity index (χ0n) is 17.0. The third-order valence-electron chi connectivity index (χ3n) is 5.21. The summed E-state index contributed by atoms with van der Waals surface area (Å²) in [6.45, 7) is 2.44. The SMILES string of the molecule is Cc1[nH]nc2cc(NC(=O)c3ccc4nc(NCc5ccc(Cl)cc5Cl)[nH]c4c3)ccc12. The number of carbonyl (C=O) groups is 1. The number of carbonyl (C=O) groups excluding carboxylic acids is 1. The van der Waals surface area contributed by atoms with Gasteiger partial charge in [-0.2, -0.15) is 5.10 Å². The van der Waals surface area contributed by atoms with Crippen LogP contribution in [-0.2, 0) is 6.54 Å². The van der Waals surface area contributed by atoms with Gasteiger partial charge in [-0.3, -0.25) is 9.89 Å². The minimum absolute atomic E-state index is 0.212. The Labute approximate surface area is 193 Å². The highest BCUT2D eigenvalue weighted by molar-refractivity contribution is 6.35. The van der Waals surface area contributed by atoms with Gasteiger partial charge in [0.15, 0.2) is 0 Å². The molecular formula is C23H18Cl2N6O. The number of imidazole rings is 1. The summed E-state index contributed by atoms with van der Waals surface area (Å²) in [5.41, 5.74) is 5.40. The third kappa shape index (κ3) is 4.00. The summed E-state index contributed by atoms with van der Waals surface area (Å²) in [5.74, 6) is 0.374. The number of halogens is 2. The van der Waals surface area contributed by atoms with Gasteiger partial charge < -0.3 is 15.6 Å². The predicted octanol–water partition coefficient (Wildman–Crippen LogP) is 5.92. The monoisotopic (exact) mass is 464 g/mol. The van der Waals surface area contributed by atoms with Gasteiger partial charge in [-0.1, -0.05) is 29.3 Å². The number of aromatic nitrogens is 4. The van der Waals surface area contributed by atoms with E-state index in [4.69, 9.17) is 23.2 Å². The van der Waals surface area contributed by atoms with Gasteiger partial charge in [0.05, 0.1) is 16.6 Å². The van der Waals surface area contributed by atoms with Gasteiger partial charge in [-0.05, 0) is 61.0 Å². The Balaban J connectivity index is 1.31. The largest absolute Gasteiger partial charge is 0.352 e. The van der Waals surface area contributed by atoms with Crippen LogP contribution in [0.15, 0.2) is 54.6 Å². The van der Waals surface area contributed by atoms with Crippen LogP contribution >= 0.6 is 23.2 Å². The average molecular weight is 465 g/mol. The first kappa shape index (κ1) is 20.4. The molecule has 0 spiro atoms. The van der Waals surface area contributed by atoms with E-state index in [0.29, 0.717) is 33.8 Å². The molecule has 160 valence electrons. The van der Waals surface area contributed by atoms with Crippen molar-refractivity contribution in [2.24, 2.45) is 0 Å². The van der Waals surface area contributed by atoms with E-state index >= 15 is 0 Å². The van der Waals surface area contributed by atoms with Crippen LogP contribution in [0.1, 0.15) is 21.6 Å². The third-order valence-corrected chi connectivity index (χ3v) is 5.80. The zero-order chi connectivity index (χ0) is 22.2. The van der Waals surface area contributed by atoms with Gasteiger partial charge in [0, 0.05) is 38.9 Å². The minimum Gasteiger partial charge on any atom is -0.352 e. The molecule has 0 saturated carbocycles. The summed E-state index contributed by atoms with van der Waals surface area (Å²) in [4.78, 5) is 20.5. The lowest BCUT2D eigenvalue weighted by Gasteiger charge is -2.05. The average Bonchev–Trinajstić information content (AvgIpc) is 3.35. The quantitative estimate of drug-likeness (QED) is 0.259. The number of fused-ring (bicyclic) bond motifs is 2. The molecule has 5 rings (SSSR count). The number of amides is 1. The zero-order valence-corrected chi connectivity index (χ0v) is 18.5. The molecule has 2 heterocycles. The summed E-state index contributed by atoms with van der Waals surface area (Å²) in [7, 11) is 0. The van der Waals surface area contributed by atoms with E-state index in [-0.39, 0.29) is 5.91 Å². The van der Waals surface area contributed by atoms with Crippen LogP contribution in [0.4, 0.5) is 11.6 Å². The molecule has 9 heteroatoms. The molecule has 4 N–H and O–H groups in total. The van der Waals surface area contributed by atoms with Crippen LogP contribution < -0.4 is 10.6 Å². The summed E-state index contributed by atoms with van der Waals surface area (Å²) in [5, 5.41) is 15.5. The second-order valence-corrected chi connectivity index (χ2v) is 8.28. The summed E-state index contributed by atoms with van der Waals surface area (Å²) < 4.78 is 0. The smallest absolute Gasteiger partial charge is 0.255 e. The topological polar surface area (TPSA) is 98.5 Å². The Morgan fingerprint density at radius 1 is 1.03 bits per heavy atom. The first-order valence-corrected chi connectivity index (χ1v) is 10.7. The molecule has 1 amide bonds. The number of benzene rings is 3. The maximum atomic E-state index is 12.8. The van der Waals surface area contributed by atoms with Crippen molar-refractivity contribution >= 4 is 62.7 Å². The molecule has 0 unspecified atom stereocenters. The Kier molecular flexibility index (Phi) is 5.20. The Morgan fingerprint density at radius 2 is 1.91 bits per heavy atom. The molecule has 7 nitrogen and oxygen atoms in total. The Hall–Kier alpha value is -3.55. The number of anilines is 2. The number of nitrogens with one attached hydrogen (secondary N) is 4. The van der Waals surface area contributed by atoms with Gasteiger partial charge in [-0.15, -0.1) is 0 Å². The molecule has 32 heavy (non-hydrogen) atoms. The summed E-state index contributed by atoms with van der Waals surface area (Å²) in [6, 6.07) is 16.3. The molecule has 0 aliphatic rings. The molecule has 0 radical (unpaired) electrons. The van der Waals surface area contributed by atoms with E-state index in [1.807, 2.05) is 37.3 Å². The number of aromatic amines is 2. The molecular weight excluding hydrogens is 447 g/mol. The number of rotatable bonds is 5. The second-order valence-electron chi connectivity index (χ2n) is 7.44. The van der Waals surface area contributed by atoms with Crippen molar-refractivity contribution in [1.82, 2.24) is 20.2 Å². The number of nitrogens with zero attached hydrogens (tertiary/aromatic N) is 2. The number of hydrogen-bond donors (Lipinski definition) is 4. The highest BCUT2D eigenvalue weighted by Gasteiger charge is 2.11. The first-order chi connectivity index (χ1) is 15.5. The summed E-state index contributed by atoms with van der Waals surface area (Å²) >= 11 is 12.2. The molecule has 2 aromatic heterocycles. The maximum Gasteiger partial charge on any atom is 0.255 e. The van der Waals surface area contributed by atoms with Crippen LogP contribution in [0, 0.1) is 6.92 Å². The minimum atomic E-state index is -0.212. The van der Waals surface area contributed by atoms with E-state index < -0.39 is 0 Å². The standard InChI is InChI=1S/C23H18Cl2N6O/c1-12-17-6-5-16(10-20(17)31-30-12)27-22(32)13-3-7-19-21(8-13)29-23(28-19)26-11-14-2-4-15(24)9-18(14)25/h2-10H,11H2,1H3,(H,27,32)(H,30,31)(H2,26,28,29). The fourth-order valence-corrected chi connectivity index (χ4v) is 3.98. The van der Waals surface area contributed by atoms with E-state index in [2.05, 4.69) is 30.8 Å². The second kappa shape index (κ2) is 8.18. The van der Waals surface area contributed by atoms with Crippen LogP contribution in [-0.4, -0.2) is 26.1 Å². The number of aryl methyl sites for hydroxylation is 1. The molecule has 0 atom stereocenters. The molecule has 5 aromatic rings. The lowest BCUT2D eigenvalue weighted by molar-refractivity contribution is 0.102. The van der Waals surface area contributed by atoms with Crippen molar-refractivity contribution in [3.63, 3.8) is 0 Å². The van der Waals surface area contributed by atoms with E-state index in [9.17, 15) is 4.79 Å². The highest BCUT2D eigenvalue weighted by atomic mass is 35.5. The number of H-pyrrole nitrogens is 2. The van der Waals surface area contributed by atoms with Crippen molar-refractivity contribution in [3.05, 3.63) is 81.5 Å². The Bertz CT molecular complexity index is 1470. The van der Waals surface area contributed by atoms with Gasteiger partial charge in [0.1, 0.15) is 0 Å². The van der Waals surface area contributed by atoms with Crippen molar-refractivity contribution in [1.29, 1.82) is 0 Å². The lowest BCUT2D eigenvalue weighted by Crippen LogP contribution is -2.11. The molecule has 0 saturated heterocycles. The van der Waals surface area contributed by atoms with Crippen molar-refractivity contribution in [2.75, 3.05) is 10.6 Å². The van der Waals surface area contributed by atoms with E-state index in [0.717, 1.165) is 33.2 Å². The van der Waals surface area contributed by atoms with Gasteiger partial charge >= 0.3 is 0 Å². The predicted molar refractivity (Wildman–Crippen MR) is 129 cm³/mol. The molecule has 0 fully saturated rings. The van der Waals surface area contributed by atoms with Crippen molar-refractivity contribution < 1.29 is 4.79 Å². The van der Waals surface area contributed by atoms with Crippen molar-refractivity contribution in [3.8, 4) is 0 Å². The van der Waals surface area contributed by atoms with Crippen LogP contribution in [0.2, 0.25) is 10.0 Å². The van der Waals surface area contributed by atoms with Gasteiger partial charge in [0.25, 0.3) is 5.91 Å². The van der Waals surface area contributed by atoms with Gasteiger partial charge in [-0.25, -0.2) is 4.98 Å². The van der Waals surface area contributed by atoms with E-state index in [1.165, 1.54) is 0 Å².